The summed E-state index contributed by atoms with van der Waals surface area (Å²) in [5.41, 5.74) is 11.3. The molecular weight excluding hydrogens is 460 g/mol. The van der Waals surface area contributed by atoms with E-state index in [1.807, 2.05) is 12.2 Å². The molecule has 0 saturated heterocycles. The average molecular weight is 493 g/mol. The number of nitrogens with zero attached hydrogens (tertiary/aromatic N) is 2. The quantitative estimate of drug-likeness (QED) is 0.212. The van der Waals surface area contributed by atoms with Crippen LogP contribution in [0.15, 0.2) is 134 Å². The van der Waals surface area contributed by atoms with Crippen molar-refractivity contribution in [2.75, 3.05) is 9.80 Å². The third kappa shape index (κ3) is 5.30. The highest BCUT2D eigenvalue weighted by molar-refractivity contribution is 5.81. The van der Waals surface area contributed by atoms with E-state index in [0.717, 1.165) is 45.3 Å². The lowest BCUT2D eigenvalue weighted by atomic mass is 10.1. The Morgan fingerprint density at radius 2 is 0.579 bits per heavy atom. The first-order valence-electron chi connectivity index (χ1n) is 12.8. The second-order valence-electron chi connectivity index (χ2n) is 9.45. The molecule has 0 unspecified atom stereocenters. The van der Waals surface area contributed by atoms with E-state index in [1.165, 1.54) is 11.1 Å². The van der Waals surface area contributed by atoms with E-state index in [4.69, 9.17) is 0 Å². The van der Waals surface area contributed by atoms with E-state index in [-0.39, 0.29) is 0 Å². The Kier molecular flexibility index (Phi) is 7.24. The molecule has 0 aliphatic carbocycles. The number of hydrogen-bond donors (Lipinski definition) is 0. The van der Waals surface area contributed by atoms with Gasteiger partial charge in [0.25, 0.3) is 0 Å². The summed E-state index contributed by atoms with van der Waals surface area (Å²) in [5.74, 6) is 0. The molecule has 2 heteroatoms. The molecule has 0 aliphatic rings. The molecule has 38 heavy (non-hydrogen) atoms. The molecule has 0 aromatic heterocycles. The van der Waals surface area contributed by atoms with Gasteiger partial charge in [0.15, 0.2) is 0 Å². The van der Waals surface area contributed by atoms with Crippen molar-refractivity contribution in [1.29, 1.82) is 0 Å². The van der Waals surface area contributed by atoms with E-state index in [9.17, 15) is 0 Å². The molecule has 5 aromatic rings. The van der Waals surface area contributed by atoms with Gasteiger partial charge >= 0.3 is 0 Å². The van der Waals surface area contributed by atoms with E-state index in [2.05, 4.69) is 158 Å². The lowest BCUT2D eigenvalue weighted by Gasteiger charge is -2.28. The normalized spacial score (nSPS) is 10.6. The van der Waals surface area contributed by atoms with Gasteiger partial charge < -0.3 is 9.80 Å². The largest absolute Gasteiger partial charge is 0.311 e. The van der Waals surface area contributed by atoms with Gasteiger partial charge in [-0.1, -0.05) is 85.0 Å². The molecular formula is C36H32N2. The van der Waals surface area contributed by atoms with Crippen LogP contribution in [0.1, 0.15) is 22.3 Å². The van der Waals surface area contributed by atoms with Crippen molar-refractivity contribution in [2.45, 2.75) is 13.8 Å². The van der Waals surface area contributed by atoms with Crippen LogP contribution in [0.5, 0.6) is 0 Å². The summed E-state index contributed by atoms with van der Waals surface area (Å²) < 4.78 is 0. The molecule has 0 atom stereocenters. The molecule has 0 bridgehead atoms. The number of hydrogen-bond acceptors (Lipinski definition) is 2. The van der Waals surface area contributed by atoms with Gasteiger partial charge in [-0.05, 0) is 97.8 Å². The van der Waals surface area contributed by atoms with Gasteiger partial charge in [-0.25, -0.2) is 0 Å². The minimum atomic E-state index is 1.09. The van der Waals surface area contributed by atoms with Gasteiger partial charge in [-0.2, -0.15) is 0 Å². The fraction of sp³-hybridized carbons (Fsp3) is 0.0556. The first kappa shape index (κ1) is 24.9. The van der Waals surface area contributed by atoms with E-state index in [0.29, 0.717) is 0 Å². The molecule has 186 valence electrons. The zero-order valence-electron chi connectivity index (χ0n) is 22.0. The van der Waals surface area contributed by atoms with Crippen molar-refractivity contribution in [3.63, 3.8) is 0 Å². The molecule has 5 aromatic carbocycles. The second-order valence-corrected chi connectivity index (χ2v) is 9.45. The Hall–Kier alpha value is -4.82. The summed E-state index contributed by atoms with van der Waals surface area (Å²) in [4.78, 5) is 4.57. The van der Waals surface area contributed by atoms with Crippen molar-refractivity contribution in [1.82, 2.24) is 0 Å². The summed E-state index contributed by atoms with van der Waals surface area (Å²) in [6.45, 7) is 12.0. The highest BCUT2D eigenvalue weighted by Crippen LogP contribution is 2.39. The molecule has 0 radical (unpaired) electrons. The number of anilines is 6. The Balaban J connectivity index is 1.57. The lowest BCUT2D eigenvalue weighted by Crippen LogP contribution is -2.12. The standard InChI is InChI=1S/C36H32N2/c1-5-29-11-19-33(20-12-29)37(31-15-7-27(3)8-16-31)35-23-25-36(26-24-35)38(32-17-9-28(4)10-18-32)34-21-13-30(6-2)14-22-34/h5-26H,1-2H2,3-4H3. The Morgan fingerprint density at radius 3 is 0.816 bits per heavy atom. The van der Waals surface area contributed by atoms with Crippen LogP contribution >= 0.6 is 0 Å². The first-order chi connectivity index (χ1) is 18.6. The van der Waals surface area contributed by atoms with Gasteiger partial charge in [0.05, 0.1) is 0 Å². The smallest absolute Gasteiger partial charge is 0.0463 e. The van der Waals surface area contributed by atoms with Crippen LogP contribution in [-0.4, -0.2) is 0 Å². The molecule has 0 amide bonds. The number of aryl methyl sites for hydroxylation is 2. The van der Waals surface area contributed by atoms with Crippen molar-refractivity contribution in [2.24, 2.45) is 0 Å². The predicted molar refractivity (Wildman–Crippen MR) is 165 cm³/mol. The molecule has 0 fully saturated rings. The average Bonchev–Trinajstić information content (AvgIpc) is 2.97. The number of benzene rings is 5. The summed E-state index contributed by atoms with van der Waals surface area (Å²) >= 11 is 0. The Morgan fingerprint density at radius 1 is 0.368 bits per heavy atom. The van der Waals surface area contributed by atoms with Crippen LogP contribution in [-0.2, 0) is 0 Å². The highest BCUT2D eigenvalue weighted by atomic mass is 15.2. The SMILES string of the molecule is C=Cc1ccc(N(c2ccc(C)cc2)c2ccc(N(c3ccc(C)cc3)c3ccc(C=C)cc3)cc2)cc1. The van der Waals surface area contributed by atoms with Crippen molar-refractivity contribution >= 4 is 46.3 Å². The monoisotopic (exact) mass is 492 g/mol. The van der Waals surface area contributed by atoms with Crippen molar-refractivity contribution in [3.05, 3.63) is 157 Å². The van der Waals surface area contributed by atoms with Gasteiger partial charge in [0, 0.05) is 34.1 Å². The second kappa shape index (κ2) is 11.1. The maximum absolute atomic E-state index is 3.90. The summed E-state index contributed by atoms with van der Waals surface area (Å²) in [5, 5.41) is 0. The maximum Gasteiger partial charge on any atom is 0.0463 e. The Labute approximate surface area is 226 Å². The van der Waals surface area contributed by atoms with Crippen molar-refractivity contribution < 1.29 is 0 Å². The number of rotatable bonds is 8. The zero-order chi connectivity index (χ0) is 26.5. The molecule has 0 heterocycles. The molecule has 0 spiro atoms. The highest BCUT2D eigenvalue weighted by Gasteiger charge is 2.16. The van der Waals surface area contributed by atoms with Crippen molar-refractivity contribution in [3.8, 4) is 0 Å². The van der Waals surface area contributed by atoms with E-state index >= 15 is 0 Å². The predicted octanol–water partition coefficient (Wildman–Crippen LogP) is 10.5. The van der Waals surface area contributed by atoms with Crippen LogP contribution in [0.3, 0.4) is 0 Å². The maximum atomic E-state index is 3.90. The summed E-state index contributed by atoms with van der Waals surface area (Å²) in [6.07, 6.45) is 3.74. The van der Waals surface area contributed by atoms with Gasteiger partial charge in [0.1, 0.15) is 0 Å². The third-order valence-electron chi connectivity index (χ3n) is 6.72. The molecule has 2 nitrogen and oxygen atoms in total. The summed E-state index contributed by atoms with van der Waals surface area (Å²) in [6, 6.07) is 43.0. The summed E-state index contributed by atoms with van der Waals surface area (Å²) in [7, 11) is 0. The molecule has 0 aliphatic heterocycles. The molecule has 5 rings (SSSR count). The lowest BCUT2D eigenvalue weighted by molar-refractivity contribution is 1.25. The zero-order valence-corrected chi connectivity index (χ0v) is 22.0. The molecule has 0 N–H and O–H groups in total. The van der Waals surface area contributed by atoms with Gasteiger partial charge in [0.2, 0.25) is 0 Å². The third-order valence-corrected chi connectivity index (χ3v) is 6.72. The van der Waals surface area contributed by atoms with Crippen LogP contribution in [0.25, 0.3) is 12.2 Å². The molecule has 0 saturated carbocycles. The van der Waals surface area contributed by atoms with Crippen LogP contribution < -0.4 is 9.80 Å². The van der Waals surface area contributed by atoms with Crippen LogP contribution in [0.2, 0.25) is 0 Å². The Bertz CT molecular complexity index is 1390. The fourth-order valence-electron chi connectivity index (χ4n) is 4.55. The van der Waals surface area contributed by atoms with Gasteiger partial charge in [-0.15, -0.1) is 0 Å². The van der Waals surface area contributed by atoms with Crippen LogP contribution in [0.4, 0.5) is 34.1 Å². The minimum Gasteiger partial charge on any atom is -0.311 e. The van der Waals surface area contributed by atoms with Crippen LogP contribution in [0, 0.1) is 13.8 Å². The minimum absolute atomic E-state index is 1.09. The topological polar surface area (TPSA) is 6.48 Å². The first-order valence-corrected chi connectivity index (χ1v) is 12.8. The fourth-order valence-corrected chi connectivity index (χ4v) is 4.55. The van der Waals surface area contributed by atoms with E-state index in [1.54, 1.807) is 0 Å². The van der Waals surface area contributed by atoms with E-state index < -0.39 is 0 Å². The van der Waals surface area contributed by atoms with Gasteiger partial charge in [-0.3, -0.25) is 0 Å².